The Morgan fingerprint density at radius 2 is 1.82 bits per heavy atom. The van der Waals surface area contributed by atoms with Gasteiger partial charge in [-0.1, -0.05) is 30.7 Å². The fraction of sp³-hybridized carbons (Fsp3) is 0.391. The average Bonchev–Trinajstić information content (AvgIpc) is 2.80. The van der Waals surface area contributed by atoms with Crippen molar-refractivity contribution >= 4 is 39.1 Å². The quantitative estimate of drug-likeness (QED) is 0.498. The van der Waals surface area contributed by atoms with Crippen LogP contribution < -0.4 is 14.4 Å². The number of carbonyl (C=O) groups excluding carboxylic acids is 2. The lowest BCUT2D eigenvalue weighted by Crippen LogP contribution is -2.51. The van der Waals surface area contributed by atoms with Crippen LogP contribution in [0.4, 0.5) is 10.1 Å². The maximum Gasteiger partial charge on any atom is 0.244 e. The van der Waals surface area contributed by atoms with Gasteiger partial charge in [-0.2, -0.15) is 0 Å². The Labute approximate surface area is 204 Å². The van der Waals surface area contributed by atoms with Gasteiger partial charge in [0.15, 0.2) is 0 Å². The molecule has 2 rings (SSSR count). The largest absolute Gasteiger partial charge is 0.497 e. The Morgan fingerprint density at radius 1 is 1.18 bits per heavy atom. The number of nitrogens with one attached hydrogen (secondary N) is 1. The molecule has 2 aromatic carbocycles. The van der Waals surface area contributed by atoms with E-state index < -0.39 is 34.3 Å². The molecule has 0 heterocycles. The highest BCUT2D eigenvalue weighted by molar-refractivity contribution is 7.92. The van der Waals surface area contributed by atoms with Crippen LogP contribution in [0.5, 0.6) is 5.75 Å². The molecule has 0 bridgehead atoms. The zero-order chi connectivity index (χ0) is 25.5. The zero-order valence-electron chi connectivity index (χ0n) is 19.5. The van der Waals surface area contributed by atoms with Crippen molar-refractivity contribution < 1.29 is 27.1 Å². The molecule has 0 aliphatic rings. The Kier molecular flexibility index (Phi) is 9.69. The fourth-order valence-electron chi connectivity index (χ4n) is 3.16. The summed E-state index contributed by atoms with van der Waals surface area (Å²) in [7, 11) is -2.40. The summed E-state index contributed by atoms with van der Waals surface area (Å²) in [4.78, 5) is 27.3. The number of benzene rings is 2. The van der Waals surface area contributed by atoms with Crippen LogP contribution in [0.15, 0.2) is 42.5 Å². The lowest BCUT2D eigenvalue weighted by molar-refractivity contribution is -0.139. The molecule has 11 heteroatoms. The van der Waals surface area contributed by atoms with Crippen molar-refractivity contribution in [3.05, 3.63) is 58.9 Å². The van der Waals surface area contributed by atoms with Crippen LogP contribution >= 0.6 is 11.6 Å². The fourth-order valence-corrected chi connectivity index (χ4v) is 4.18. The summed E-state index contributed by atoms with van der Waals surface area (Å²) >= 11 is 5.82. The molecule has 0 radical (unpaired) electrons. The van der Waals surface area contributed by atoms with E-state index in [2.05, 4.69) is 5.32 Å². The second-order valence-electron chi connectivity index (χ2n) is 7.70. The number of rotatable bonds is 11. The topological polar surface area (TPSA) is 96.0 Å². The summed E-state index contributed by atoms with van der Waals surface area (Å²) in [6.45, 7) is 3.39. The SMILES string of the molecule is CCCNC(=O)C(C)N(Cc1ccc(OC)cc1)C(=O)CN(c1ccc(F)c(Cl)c1)S(C)(=O)=O. The molecule has 0 fully saturated rings. The van der Waals surface area contributed by atoms with Crippen molar-refractivity contribution in [2.24, 2.45) is 0 Å². The predicted molar refractivity (Wildman–Crippen MR) is 130 cm³/mol. The van der Waals surface area contributed by atoms with Gasteiger partial charge < -0.3 is 15.0 Å². The molecule has 1 unspecified atom stereocenters. The Bertz CT molecular complexity index is 1110. The van der Waals surface area contributed by atoms with E-state index in [1.54, 1.807) is 31.2 Å². The van der Waals surface area contributed by atoms with Crippen molar-refractivity contribution in [2.45, 2.75) is 32.9 Å². The van der Waals surface area contributed by atoms with Gasteiger partial charge in [0, 0.05) is 13.1 Å². The van der Waals surface area contributed by atoms with Gasteiger partial charge in [0.2, 0.25) is 21.8 Å². The van der Waals surface area contributed by atoms with Crippen LogP contribution in [-0.2, 0) is 26.2 Å². The van der Waals surface area contributed by atoms with E-state index in [0.29, 0.717) is 12.3 Å². The van der Waals surface area contributed by atoms with Crippen molar-refractivity contribution in [3.8, 4) is 5.75 Å². The van der Waals surface area contributed by atoms with E-state index in [4.69, 9.17) is 16.3 Å². The third-order valence-electron chi connectivity index (χ3n) is 5.10. The minimum atomic E-state index is -3.93. The van der Waals surface area contributed by atoms with Crippen molar-refractivity contribution in [2.75, 3.05) is 30.8 Å². The van der Waals surface area contributed by atoms with Gasteiger partial charge in [-0.3, -0.25) is 13.9 Å². The summed E-state index contributed by atoms with van der Waals surface area (Å²) in [5.41, 5.74) is 0.759. The average molecular weight is 514 g/mol. The maximum absolute atomic E-state index is 13.6. The minimum absolute atomic E-state index is 0.0368. The van der Waals surface area contributed by atoms with Crippen LogP contribution in [0.25, 0.3) is 0 Å². The molecule has 2 amide bonds. The summed E-state index contributed by atoms with van der Waals surface area (Å²) in [5.74, 6) is -1.06. The van der Waals surface area contributed by atoms with E-state index in [9.17, 15) is 22.4 Å². The highest BCUT2D eigenvalue weighted by Crippen LogP contribution is 2.25. The van der Waals surface area contributed by atoms with E-state index in [1.165, 1.54) is 18.1 Å². The summed E-state index contributed by atoms with van der Waals surface area (Å²) in [6, 6.07) is 9.47. The van der Waals surface area contributed by atoms with Crippen molar-refractivity contribution in [3.63, 3.8) is 0 Å². The van der Waals surface area contributed by atoms with Gasteiger partial charge >= 0.3 is 0 Å². The third kappa shape index (κ3) is 7.33. The Balaban J connectivity index is 2.38. The third-order valence-corrected chi connectivity index (χ3v) is 6.53. The van der Waals surface area contributed by atoms with Crippen molar-refractivity contribution in [1.82, 2.24) is 10.2 Å². The number of halogens is 2. The maximum atomic E-state index is 13.6. The van der Waals surface area contributed by atoms with E-state index in [-0.39, 0.29) is 23.2 Å². The number of methoxy groups -OCH3 is 1. The summed E-state index contributed by atoms with van der Waals surface area (Å²) < 4.78 is 44.6. The molecule has 2 aromatic rings. The zero-order valence-corrected chi connectivity index (χ0v) is 21.1. The number of sulfonamides is 1. The molecule has 0 spiro atoms. The molecular formula is C23H29ClFN3O5S. The number of carbonyl (C=O) groups is 2. The molecule has 1 atom stereocenters. The number of anilines is 1. The first-order chi connectivity index (χ1) is 16.0. The number of amides is 2. The lowest BCUT2D eigenvalue weighted by Gasteiger charge is -2.31. The molecule has 186 valence electrons. The first kappa shape index (κ1) is 27.4. The summed E-state index contributed by atoms with van der Waals surface area (Å²) in [6.07, 6.45) is 1.65. The molecular weight excluding hydrogens is 485 g/mol. The van der Waals surface area contributed by atoms with Crippen molar-refractivity contribution in [1.29, 1.82) is 0 Å². The standard InChI is InChI=1S/C23H29ClFN3O5S/c1-5-12-26-23(30)16(2)27(14-17-6-9-19(33-3)10-7-17)22(29)15-28(34(4,31)32)18-8-11-21(25)20(24)13-18/h6-11,13,16H,5,12,14-15H2,1-4H3,(H,26,30). The van der Waals surface area contributed by atoms with Gasteiger partial charge in [0.1, 0.15) is 24.2 Å². The van der Waals surface area contributed by atoms with Gasteiger partial charge in [0.05, 0.1) is 24.1 Å². The second kappa shape index (κ2) is 12.0. The van der Waals surface area contributed by atoms with E-state index in [0.717, 1.165) is 34.7 Å². The second-order valence-corrected chi connectivity index (χ2v) is 10.0. The number of hydrogen-bond donors (Lipinski definition) is 1. The van der Waals surface area contributed by atoms with Gasteiger partial charge in [0.25, 0.3) is 0 Å². The smallest absolute Gasteiger partial charge is 0.244 e. The van der Waals surface area contributed by atoms with Gasteiger partial charge in [-0.15, -0.1) is 0 Å². The molecule has 34 heavy (non-hydrogen) atoms. The Morgan fingerprint density at radius 3 is 2.35 bits per heavy atom. The Hall–Kier alpha value is -2.85. The van der Waals surface area contributed by atoms with Crippen LogP contribution in [0.3, 0.4) is 0 Å². The highest BCUT2D eigenvalue weighted by atomic mass is 35.5. The molecule has 0 aliphatic heterocycles. The van der Waals surface area contributed by atoms with Crippen LogP contribution in [0.2, 0.25) is 5.02 Å². The first-order valence-corrected chi connectivity index (χ1v) is 12.8. The molecule has 8 nitrogen and oxygen atoms in total. The number of hydrogen-bond acceptors (Lipinski definition) is 5. The monoisotopic (exact) mass is 513 g/mol. The normalized spacial score (nSPS) is 12.1. The highest BCUT2D eigenvalue weighted by Gasteiger charge is 2.30. The van der Waals surface area contributed by atoms with Crippen LogP contribution in [-0.4, -0.2) is 57.6 Å². The molecule has 0 saturated carbocycles. The minimum Gasteiger partial charge on any atom is -0.497 e. The summed E-state index contributed by atoms with van der Waals surface area (Å²) in [5, 5.41) is 2.48. The van der Waals surface area contributed by atoms with Crippen LogP contribution in [0, 0.1) is 5.82 Å². The molecule has 0 saturated heterocycles. The number of ether oxygens (including phenoxy) is 1. The van der Waals surface area contributed by atoms with Crippen LogP contribution in [0.1, 0.15) is 25.8 Å². The van der Waals surface area contributed by atoms with Gasteiger partial charge in [-0.25, -0.2) is 12.8 Å². The molecule has 0 aromatic heterocycles. The molecule has 1 N–H and O–H groups in total. The van der Waals surface area contributed by atoms with E-state index >= 15 is 0 Å². The van der Waals surface area contributed by atoms with E-state index in [1.807, 2.05) is 6.92 Å². The molecule has 0 aliphatic carbocycles. The van der Waals surface area contributed by atoms with Gasteiger partial charge in [-0.05, 0) is 49.2 Å². The predicted octanol–water partition coefficient (Wildman–Crippen LogP) is 3.20. The first-order valence-electron chi connectivity index (χ1n) is 10.6. The number of nitrogens with zero attached hydrogens (tertiary/aromatic N) is 2. The lowest BCUT2D eigenvalue weighted by atomic mass is 10.1.